The number of halogens is 1. The number of rotatable bonds is 6. The lowest BCUT2D eigenvalue weighted by Gasteiger charge is -2.24. The van der Waals surface area contributed by atoms with Gasteiger partial charge in [-0.25, -0.2) is 4.39 Å². The fourth-order valence-electron chi connectivity index (χ4n) is 4.03. The summed E-state index contributed by atoms with van der Waals surface area (Å²) in [5, 5.41) is 2.79. The molecule has 0 aliphatic rings. The molecule has 166 valence electrons. The minimum atomic E-state index is -0.859. The number of hydrogen-bond acceptors (Lipinski definition) is 3. The summed E-state index contributed by atoms with van der Waals surface area (Å²) in [4.78, 5) is 17.3. The van der Waals surface area contributed by atoms with E-state index >= 15 is 0 Å². The van der Waals surface area contributed by atoms with Crippen molar-refractivity contribution in [2.75, 3.05) is 5.32 Å². The zero-order chi connectivity index (χ0) is 23.4. The van der Waals surface area contributed by atoms with Crippen molar-refractivity contribution in [3.63, 3.8) is 0 Å². The van der Waals surface area contributed by atoms with Gasteiger partial charge in [-0.3, -0.25) is 9.78 Å². The number of carbonyl (C=O) groups excluding carboxylic acids is 1. The van der Waals surface area contributed by atoms with Crippen LogP contribution in [0.25, 0.3) is 11.1 Å². The zero-order valence-electron chi connectivity index (χ0n) is 18.6. The largest absolute Gasteiger partial charge is 0.325 e. The standard InChI is InChI=1S/C28H26FN3O/c1-18-17-31-19(2)15-24(18)23-14-13-22(16-25(23)29)32-28(33)27(30)26(20-9-5-3-6-10-20)21-11-7-4-8-12-21/h3-17,26-27H,30H2,1-2H3,(H,32,33)/t27-/m0/s1. The number of anilines is 1. The number of aryl methyl sites for hydroxylation is 2. The minimum Gasteiger partial charge on any atom is -0.325 e. The van der Waals surface area contributed by atoms with E-state index in [1.54, 1.807) is 18.3 Å². The second-order valence-electron chi connectivity index (χ2n) is 8.15. The van der Waals surface area contributed by atoms with Crippen molar-refractivity contribution in [1.29, 1.82) is 0 Å². The van der Waals surface area contributed by atoms with E-state index in [1.807, 2.05) is 80.6 Å². The topological polar surface area (TPSA) is 68.0 Å². The fraction of sp³-hybridized carbons (Fsp3) is 0.143. The van der Waals surface area contributed by atoms with Crippen molar-refractivity contribution < 1.29 is 9.18 Å². The smallest absolute Gasteiger partial charge is 0.242 e. The third kappa shape index (κ3) is 4.99. The van der Waals surface area contributed by atoms with Crippen LogP contribution in [0.4, 0.5) is 10.1 Å². The lowest BCUT2D eigenvalue weighted by molar-refractivity contribution is -0.117. The summed E-state index contributed by atoms with van der Waals surface area (Å²) in [6.45, 7) is 3.76. The van der Waals surface area contributed by atoms with Gasteiger partial charge in [-0.2, -0.15) is 0 Å². The maximum absolute atomic E-state index is 15.0. The molecule has 1 atom stereocenters. The molecule has 0 aliphatic heterocycles. The van der Waals surface area contributed by atoms with Crippen molar-refractivity contribution in [2.45, 2.75) is 25.8 Å². The van der Waals surface area contributed by atoms with Crippen molar-refractivity contribution in [3.05, 3.63) is 119 Å². The van der Waals surface area contributed by atoms with Crippen LogP contribution in [0.5, 0.6) is 0 Å². The summed E-state index contributed by atoms with van der Waals surface area (Å²) in [5.74, 6) is -1.13. The van der Waals surface area contributed by atoms with E-state index in [1.165, 1.54) is 6.07 Å². The Kier molecular flexibility index (Phi) is 6.61. The predicted molar refractivity (Wildman–Crippen MR) is 130 cm³/mol. The van der Waals surface area contributed by atoms with Crippen molar-refractivity contribution in [3.8, 4) is 11.1 Å². The van der Waals surface area contributed by atoms with Crippen LogP contribution in [0.3, 0.4) is 0 Å². The molecule has 33 heavy (non-hydrogen) atoms. The van der Waals surface area contributed by atoms with E-state index in [-0.39, 0.29) is 11.8 Å². The molecule has 0 aliphatic carbocycles. The van der Waals surface area contributed by atoms with Crippen LogP contribution in [-0.2, 0) is 4.79 Å². The number of benzene rings is 3. The Morgan fingerprint density at radius 3 is 2.06 bits per heavy atom. The van der Waals surface area contributed by atoms with Crippen LogP contribution < -0.4 is 11.1 Å². The van der Waals surface area contributed by atoms with Crippen molar-refractivity contribution >= 4 is 11.6 Å². The molecule has 0 saturated carbocycles. The highest BCUT2D eigenvalue weighted by Gasteiger charge is 2.28. The quantitative estimate of drug-likeness (QED) is 0.411. The van der Waals surface area contributed by atoms with Crippen LogP contribution in [0, 0.1) is 19.7 Å². The molecule has 4 nitrogen and oxygen atoms in total. The van der Waals surface area contributed by atoms with Gasteiger partial charge in [0.15, 0.2) is 0 Å². The second kappa shape index (κ2) is 9.76. The van der Waals surface area contributed by atoms with E-state index in [2.05, 4.69) is 10.3 Å². The molecule has 0 bridgehead atoms. The summed E-state index contributed by atoms with van der Waals surface area (Å²) < 4.78 is 15.0. The maximum Gasteiger partial charge on any atom is 0.242 e. The minimum absolute atomic E-state index is 0.334. The SMILES string of the molecule is Cc1cc(-c2ccc(NC(=O)[C@@H](N)C(c3ccccc3)c3ccccc3)cc2F)c(C)cn1. The average molecular weight is 440 g/mol. The van der Waals surface area contributed by atoms with Gasteiger partial charge in [-0.1, -0.05) is 60.7 Å². The van der Waals surface area contributed by atoms with Crippen LogP contribution in [-0.4, -0.2) is 16.9 Å². The number of nitrogens with one attached hydrogen (secondary N) is 1. The van der Waals surface area contributed by atoms with Gasteiger partial charge in [0.05, 0.1) is 6.04 Å². The van der Waals surface area contributed by atoms with E-state index < -0.39 is 11.9 Å². The summed E-state index contributed by atoms with van der Waals surface area (Å²) in [6, 6.07) is 25.1. The molecule has 5 heteroatoms. The fourth-order valence-corrected chi connectivity index (χ4v) is 4.03. The Balaban J connectivity index is 1.59. The van der Waals surface area contributed by atoms with Crippen LogP contribution in [0.15, 0.2) is 91.1 Å². The van der Waals surface area contributed by atoms with E-state index in [0.29, 0.717) is 11.3 Å². The molecule has 0 unspecified atom stereocenters. The molecule has 0 radical (unpaired) electrons. The van der Waals surface area contributed by atoms with E-state index in [4.69, 9.17) is 5.73 Å². The number of carbonyl (C=O) groups is 1. The van der Waals surface area contributed by atoms with E-state index in [9.17, 15) is 9.18 Å². The molecule has 1 aromatic heterocycles. The molecule has 0 saturated heterocycles. The third-order valence-electron chi connectivity index (χ3n) is 5.75. The van der Waals surface area contributed by atoms with Gasteiger partial charge in [0.2, 0.25) is 5.91 Å². The summed E-state index contributed by atoms with van der Waals surface area (Å²) in [6.07, 6.45) is 1.73. The predicted octanol–water partition coefficient (Wildman–Crippen LogP) is 5.60. The third-order valence-corrected chi connectivity index (χ3v) is 5.75. The molecule has 1 heterocycles. The maximum atomic E-state index is 15.0. The van der Waals surface area contributed by atoms with Gasteiger partial charge in [0.25, 0.3) is 0 Å². The monoisotopic (exact) mass is 439 g/mol. The normalized spacial score (nSPS) is 11.9. The number of hydrogen-bond donors (Lipinski definition) is 2. The Labute approximate surface area is 193 Å². The summed E-state index contributed by atoms with van der Waals surface area (Å²) in [7, 11) is 0. The van der Waals surface area contributed by atoms with Crippen molar-refractivity contribution in [1.82, 2.24) is 4.98 Å². The number of amides is 1. The first-order chi connectivity index (χ1) is 15.9. The molecule has 4 rings (SSSR count). The molecule has 0 fully saturated rings. The average Bonchev–Trinajstić information content (AvgIpc) is 2.82. The lowest BCUT2D eigenvalue weighted by Crippen LogP contribution is -2.41. The molecule has 0 spiro atoms. The van der Waals surface area contributed by atoms with Gasteiger partial charge >= 0.3 is 0 Å². The summed E-state index contributed by atoms with van der Waals surface area (Å²) >= 11 is 0. The molecule has 4 aromatic rings. The highest BCUT2D eigenvalue weighted by molar-refractivity contribution is 5.96. The summed E-state index contributed by atoms with van der Waals surface area (Å²) in [5.41, 5.74) is 11.6. The highest BCUT2D eigenvalue weighted by atomic mass is 19.1. The van der Waals surface area contributed by atoms with Crippen LogP contribution >= 0.6 is 0 Å². The lowest BCUT2D eigenvalue weighted by atomic mass is 9.85. The highest BCUT2D eigenvalue weighted by Crippen LogP contribution is 2.30. The van der Waals surface area contributed by atoms with Gasteiger partial charge in [0, 0.05) is 29.1 Å². The molecule has 1 amide bonds. The molecule has 3 aromatic carbocycles. The number of pyridine rings is 1. The molecular weight excluding hydrogens is 413 g/mol. The molecular formula is C28H26FN3O. The first-order valence-corrected chi connectivity index (χ1v) is 10.8. The number of nitrogens with two attached hydrogens (primary N) is 1. The first kappa shape index (κ1) is 22.4. The Morgan fingerprint density at radius 2 is 1.48 bits per heavy atom. The van der Waals surface area contributed by atoms with Crippen molar-refractivity contribution in [2.24, 2.45) is 5.73 Å². The number of nitrogens with zero attached hydrogens (tertiary/aromatic N) is 1. The second-order valence-corrected chi connectivity index (χ2v) is 8.15. The zero-order valence-corrected chi connectivity index (χ0v) is 18.6. The van der Waals surface area contributed by atoms with Crippen LogP contribution in [0.2, 0.25) is 0 Å². The van der Waals surface area contributed by atoms with Gasteiger partial charge in [-0.15, -0.1) is 0 Å². The van der Waals surface area contributed by atoms with Gasteiger partial charge in [-0.05, 0) is 60.4 Å². The first-order valence-electron chi connectivity index (χ1n) is 10.8. The van der Waals surface area contributed by atoms with Crippen LogP contribution in [0.1, 0.15) is 28.3 Å². The van der Waals surface area contributed by atoms with Gasteiger partial charge < -0.3 is 11.1 Å². The number of aromatic nitrogens is 1. The van der Waals surface area contributed by atoms with E-state index in [0.717, 1.165) is 27.9 Å². The Hall–Kier alpha value is -3.83. The van der Waals surface area contributed by atoms with Gasteiger partial charge in [0.1, 0.15) is 5.82 Å². The molecule has 3 N–H and O–H groups in total. The Bertz CT molecular complexity index is 1220. The Morgan fingerprint density at radius 1 is 0.879 bits per heavy atom.